The molecule has 2 fully saturated rings. The van der Waals surface area contributed by atoms with E-state index >= 15 is 0 Å². The van der Waals surface area contributed by atoms with Gasteiger partial charge in [-0.2, -0.15) is 0 Å². The Morgan fingerprint density at radius 3 is 2.88 bits per heavy atom. The third-order valence-corrected chi connectivity index (χ3v) is 5.32. The van der Waals surface area contributed by atoms with Gasteiger partial charge in [-0.15, -0.1) is 0 Å². The van der Waals surface area contributed by atoms with Crippen molar-refractivity contribution in [2.24, 2.45) is 5.92 Å². The largest absolute Gasteiger partial charge is 0.379 e. The standard InChI is InChI=1S/C18H24N4O2/c1-13-11-21(12-16(13)20-5-7-24-8-6-20)18(23)15-3-4-22-14(2)10-19-17(22)9-15/h3-4,9-10,13,16H,5-8,11-12H2,1-2H3. The maximum absolute atomic E-state index is 12.9. The average molecular weight is 328 g/mol. The third kappa shape index (κ3) is 2.70. The number of hydrogen-bond donors (Lipinski definition) is 0. The molecule has 2 aliphatic rings. The van der Waals surface area contributed by atoms with Crippen LogP contribution in [0.3, 0.4) is 0 Å². The molecule has 2 aromatic rings. The number of rotatable bonds is 2. The number of pyridine rings is 1. The van der Waals surface area contributed by atoms with Crippen LogP contribution in [0.15, 0.2) is 24.5 Å². The van der Waals surface area contributed by atoms with E-state index in [1.165, 1.54) is 0 Å². The van der Waals surface area contributed by atoms with Crippen LogP contribution < -0.4 is 0 Å². The molecule has 0 aliphatic carbocycles. The van der Waals surface area contributed by atoms with E-state index in [0.717, 1.165) is 56.3 Å². The zero-order chi connectivity index (χ0) is 16.7. The Hall–Kier alpha value is -1.92. The van der Waals surface area contributed by atoms with Crippen LogP contribution in [0, 0.1) is 12.8 Å². The molecule has 0 bridgehead atoms. The van der Waals surface area contributed by atoms with E-state index in [0.29, 0.717) is 12.0 Å². The quantitative estimate of drug-likeness (QED) is 0.837. The lowest BCUT2D eigenvalue weighted by Gasteiger charge is -2.33. The van der Waals surface area contributed by atoms with Crippen molar-refractivity contribution < 1.29 is 9.53 Å². The first-order chi connectivity index (χ1) is 11.6. The number of morpholine rings is 1. The van der Waals surface area contributed by atoms with E-state index in [1.54, 1.807) is 0 Å². The summed E-state index contributed by atoms with van der Waals surface area (Å²) >= 11 is 0. The second-order valence-corrected chi connectivity index (χ2v) is 6.95. The van der Waals surface area contributed by atoms with Crippen LogP contribution in [0.1, 0.15) is 23.0 Å². The Labute approximate surface area is 142 Å². The molecule has 0 N–H and O–H groups in total. The first-order valence-electron chi connectivity index (χ1n) is 8.68. The van der Waals surface area contributed by atoms with E-state index in [4.69, 9.17) is 4.74 Å². The molecule has 0 radical (unpaired) electrons. The van der Waals surface area contributed by atoms with Crippen molar-refractivity contribution in [1.82, 2.24) is 19.2 Å². The van der Waals surface area contributed by atoms with Gasteiger partial charge in [-0.1, -0.05) is 6.92 Å². The fraction of sp³-hybridized carbons (Fsp3) is 0.556. The van der Waals surface area contributed by atoms with Crippen molar-refractivity contribution in [2.75, 3.05) is 39.4 Å². The van der Waals surface area contributed by atoms with E-state index in [1.807, 2.05) is 40.8 Å². The zero-order valence-electron chi connectivity index (χ0n) is 14.3. The van der Waals surface area contributed by atoms with Crippen molar-refractivity contribution >= 4 is 11.6 Å². The summed E-state index contributed by atoms with van der Waals surface area (Å²) in [5, 5.41) is 0. The van der Waals surface area contributed by atoms with Crippen molar-refractivity contribution in [3.05, 3.63) is 35.8 Å². The summed E-state index contributed by atoms with van der Waals surface area (Å²) in [7, 11) is 0. The lowest BCUT2D eigenvalue weighted by molar-refractivity contribution is 0.0119. The van der Waals surface area contributed by atoms with Crippen molar-refractivity contribution in [1.29, 1.82) is 0 Å². The van der Waals surface area contributed by atoms with Crippen molar-refractivity contribution in [3.63, 3.8) is 0 Å². The van der Waals surface area contributed by atoms with Crippen LogP contribution >= 0.6 is 0 Å². The number of carbonyl (C=O) groups is 1. The van der Waals surface area contributed by atoms with Gasteiger partial charge in [0.15, 0.2) is 0 Å². The van der Waals surface area contributed by atoms with Crippen molar-refractivity contribution in [2.45, 2.75) is 19.9 Å². The van der Waals surface area contributed by atoms with Gasteiger partial charge in [0, 0.05) is 55.9 Å². The highest BCUT2D eigenvalue weighted by Gasteiger charge is 2.36. The summed E-state index contributed by atoms with van der Waals surface area (Å²) in [6.07, 6.45) is 3.76. The smallest absolute Gasteiger partial charge is 0.254 e. The van der Waals surface area contributed by atoms with Gasteiger partial charge in [0.2, 0.25) is 0 Å². The summed E-state index contributed by atoms with van der Waals surface area (Å²) in [5.41, 5.74) is 2.63. The van der Waals surface area contributed by atoms with Crippen LogP contribution in [-0.2, 0) is 4.74 Å². The SMILES string of the molecule is Cc1cnc2cc(C(=O)N3CC(C)C(N4CCOCC4)C3)ccn12. The number of carbonyl (C=O) groups excluding carboxylic acids is 1. The number of aryl methyl sites for hydroxylation is 1. The van der Waals surface area contributed by atoms with Gasteiger partial charge in [-0.05, 0) is 25.0 Å². The third-order valence-electron chi connectivity index (χ3n) is 5.32. The number of likely N-dealkylation sites (tertiary alicyclic amines) is 1. The van der Waals surface area contributed by atoms with E-state index in [-0.39, 0.29) is 5.91 Å². The van der Waals surface area contributed by atoms with E-state index in [9.17, 15) is 4.79 Å². The van der Waals surface area contributed by atoms with Gasteiger partial charge in [0.25, 0.3) is 5.91 Å². The fourth-order valence-electron chi connectivity index (χ4n) is 3.92. The van der Waals surface area contributed by atoms with Gasteiger partial charge in [0.05, 0.1) is 13.2 Å². The van der Waals surface area contributed by atoms with Gasteiger partial charge in [-0.3, -0.25) is 9.69 Å². The number of amides is 1. The molecule has 0 saturated carbocycles. The van der Waals surface area contributed by atoms with Gasteiger partial charge >= 0.3 is 0 Å². The predicted molar refractivity (Wildman–Crippen MR) is 91.2 cm³/mol. The number of ether oxygens (including phenoxy) is 1. The number of hydrogen-bond acceptors (Lipinski definition) is 4. The minimum atomic E-state index is 0.112. The van der Waals surface area contributed by atoms with Crippen LogP contribution in [0.4, 0.5) is 0 Å². The monoisotopic (exact) mass is 328 g/mol. The molecule has 2 saturated heterocycles. The molecule has 4 rings (SSSR count). The fourth-order valence-corrected chi connectivity index (χ4v) is 3.92. The molecule has 2 unspecified atom stereocenters. The molecule has 2 aliphatic heterocycles. The summed E-state index contributed by atoms with van der Waals surface area (Å²) in [6, 6.07) is 4.23. The van der Waals surface area contributed by atoms with Crippen LogP contribution in [-0.4, -0.2) is 70.5 Å². The average Bonchev–Trinajstić information content (AvgIpc) is 3.18. The second kappa shape index (κ2) is 6.18. The first-order valence-corrected chi connectivity index (χ1v) is 8.68. The van der Waals surface area contributed by atoms with Crippen molar-refractivity contribution in [3.8, 4) is 0 Å². The Morgan fingerprint density at radius 1 is 1.29 bits per heavy atom. The molecule has 2 atom stereocenters. The minimum absolute atomic E-state index is 0.112. The summed E-state index contributed by atoms with van der Waals surface area (Å²) in [4.78, 5) is 21.7. The number of fused-ring (bicyclic) bond motifs is 1. The van der Waals surface area contributed by atoms with E-state index in [2.05, 4.69) is 16.8 Å². The van der Waals surface area contributed by atoms with Crippen LogP contribution in [0.25, 0.3) is 5.65 Å². The lowest BCUT2D eigenvalue weighted by Crippen LogP contribution is -2.47. The number of nitrogens with zero attached hydrogens (tertiary/aromatic N) is 4. The Kier molecular flexibility index (Phi) is 4.02. The predicted octanol–water partition coefficient (Wildman–Crippen LogP) is 1.44. The van der Waals surface area contributed by atoms with Gasteiger partial charge in [0.1, 0.15) is 5.65 Å². The highest BCUT2D eigenvalue weighted by molar-refractivity contribution is 5.95. The summed E-state index contributed by atoms with van der Waals surface area (Å²) in [6.45, 7) is 9.41. The molecule has 4 heterocycles. The molecule has 2 aromatic heterocycles. The number of imidazole rings is 1. The van der Waals surface area contributed by atoms with Gasteiger partial charge < -0.3 is 14.0 Å². The molecule has 128 valence electrons. The maximum atomic E-state index is 12.9. The zero-order valence-corrected chi connectivity index (χ0v) is 14.3. The molecule has 24 heavy (non-hydrogen) atoms. The summed E-state index contributed by atoms with van der Waals surface area (Å²) < 4.78 is 7.45. The first kappa shape index (κ1) is 15.6. The topological polar surface area (TPSA) is 50.1 Å². The molecule has 0 aromatic carbocycles. The maximum Gasteiger partial charge on any atom is 0.254 e. The number of aromatic nitrogens is 2. The Morgan fingerprint density at radius 2 is 2.08 bits per heavy atom. The molecule has 6 nitrogen and oxygen atoms in total. The molecule has 0 spiro atoms. The van der Waals surface area contributed by atoms with Gasteiger partial charge in [-0.25, -0.2) is 4.98 Å². The lowest BCUT2D eigenvalue weighted by atomic mass is 10.0. The molecular formula is C18H24N4O2. The highest BCUT2D eigenvalue weighted by atomic mass is 16.5. The van der Waals surface area contributed by atoms with Crippen LogP contribution in [0.5, 0.6) is 0 Å². The molecule has 6 heteroatoms. The highest BCUT2D eigenvalue weighted by Crippen LogP contribution is 2.24. The Bertz CT molecular complexity index is 751. The Balaban J connectivity index is 1.51. The normalized spacial score (nSPS) is 25.5. The van der Waals surface area contributed by atoms with E-state index < -0.39 is 0 Å². The second-order valence-electron chi connectivity index (χ2n) is 6.95. The molecular weight excluding hydrogens is 304 g/mol. The van der Waals surface area contributed by atoms with Crippen LogP contribution in [0.2, 0.25) is 0 Å². The minimum Gasteiger partial charge on any atom is -0.379 e. The summed E-state index contributed by atoms with van der Waals surface area (Å²) in [5.74, 6) is 0.602. The molecule has 1 amide bonds.